The Bertz CT molecular complexity index is 1190. The van der Waals surface area contributed by atoms with E-state index in [1.54, 1.807) is 17.2 Å². The fraction of sp³-hybridized carbons (Fsp3) is 0.125. The molecule has 3 aromatic rings. The minimum absolute atomic E-state index is 0.0570. The van der Waals surface area contributed by atoms with Gasteiger partial charge < -0.3 is 10.2 Å². The number of benzene rings is 3. The number of amides is 2. The Labute approximate surface area is 182 Å². The second kappa shape index (κ2) is 7.51. The molecule has 2 amide bonds. The molecule has 3 atom stereocenters. The molecule has 8 heteroatoms. The highest BCUT2D eigenvalue weighted by Crippen LogP contribution is 2.47. The molecule has 2 aliphatic rings. The largest absolute Gasteiger partial charge is 0.508 e. The maximum Gasteiger partial charge on any atom is 0.335 e. The summed E-state index contributed by atoms with van der Waals surface area (Å²) in [7, 11) is 0. The number of hydrogen-bond acceptors (Lipinski definition) is 6. The van der Waals surface area contributed by atoms with Crippen LogP contribution in [0.5, 0.6) is 5.75 Å². The zero-order valence-corrected chi connectivity index (χ0v) is 16.7. The summed E-state index contributed by atoms with van der Waals surface area (Å²) in [5.74, 6) is -2.76. The summed E-state index contributed by atoms with van der Waals surface area (Å²) in [5, 5.41) is 20.4. The van der Waals surface area contributed by atoms with Crippen LogP contribution in [-0.4, -0.2) is 34.1 Å². The molecule has 0 bridgehead atoms. The van der Waals surface area contributed by atoms with Crippen LogP contribution < -0.4 is 9.96 Å². The molecule has 2 saturated heterocycles. The van der Waals surface area contributed by atoms with Crippen LogP contribution in [0.3, 0.4) is 0 Å². The average Bonchev–Trinajstić information content (AvgIpc) is 3.31. The lowest BCUT2D eigenvalue weighted by Gasteiger charge is -2.28. The Kier molecular flexibility index (Phi) is 4.64. The summed E-state index contributed by atoms with van der Waals surface area (Å²) in [6, 6.07) is 20.6. The molecule has 32 heavy (non-hydrogen) atoms. The normalized spacial score (nSPS) is 22.3. The molecule has 2 N–H and O–H groups in total. The van der Waals surface area contributed by atoms with Crippen molar-refractivity contribution in [2.75, 3.05) is 9.96 Å². The highest BCUT2D eigenvalue weighted by molar-refractivity contribution is 6.24. The van der Waals surface area contributed by atoms with E-state index in [4.69, 9.17) is 9.94 Å². The van der Waals surface area contributed by atoms with Crippen LogP contribution in [0.25, 0.3) is 0 Å². The number of hydrogen-bond donors (Lipinski definition) is 2. The molecular formula is C24H18N2O6. The van der Waals surface area contributed by atoms with Gasteiger partial charge >= 0.3 is 5.97 Å². The van der Waals surface area contributed by atoms with Crippen LogP contribution in [0.15, 0.2) is 78.9 Å². The Morgan fingerprint density at radius 2 is 1.47 bits per heavy atom. The predicted molar refractivity (Wildman–Crippen MR) is 114 cm³/mol. The van der Waals surface area contributed by atoms with Crippen LogP contribution in [-0.2, 0) is 14.4 Å². The van der Waals surface area contributed by atoms with E-state index in [2.05, 4.69) is 0 Å². The Morgan fingerprint density at radius 3 is 2.09 bits per heavy atom. The number of para-hydroxylation sites is 1. The quantitative estimate of drug-likeness (QED) is 0.613. The molecule has 2 fully saturated rings. The molecule has 0 radical (unpaired) electrons. The summed E-state index contributed by atoms with van der Waals surface area (Å²) in [5.41, 5.74) is 1.75. The van der Waals surface area contributed by atoms with Gasteiger partial charge in [-0.1, -0.05) is 30.3 Å². The number of carbonyl (C=O) groups excluding carboxylic acids is 2. The van der Waals surface area contributed by atoms with Gasteiger partial charge in [0.05, 0.1) is 23.0 Å². The number of phenols is 1. The number of phenolic OH excluding ortho intramolecular Hbond substituents is 1. The van der Waals surface area contributed by atoms with Gasteiger partial charge in [-0.3, -0.25) is 14.4 Å². The SMILES string of the molecule is O=C(O)c1ccc(N2C(=O)C3ON(c4ccccc4)C(c4ccc(O)cc4)C3C2=O)cc1. The molecule has 5 rings (SSSR count). The summed E-state index contributed by atoms with van der Waals surface area (Å²) < 4.78 is 0. The number of carbonyl (C=O) groups is 3. The third-order valence-corrected chi connectivity index (χ3v) is 5.73. The Morgan fingerprint density at radius 1 is 0.812 bits per heavy atom. The van der Waals surface area contributed by atoms with Gasteiger partial charge in [0.15, 0.2) is 6.10 Å². The standard InChI is InChI=1S/C24H18N2O6/c27-18-12-8-14(9-13-18)20-19-21(32-26(20)17-4-2-1-3-5-17)23(29)25(22(19)28)16-10-6-15(7-11-16)24(30)31/h1-13,19-21,27H,(H,30,31). The van der Waals surface area contributed by atoms with Crippen LogP contribution in [0.2, 0.25) is 0 Å². The number of carboxylic acid groups (broad SMARTS) is 1. The molecule has 2 heterocycles. The number of aromatic hydroxyl groups is 1. The number of carboxylic acids is 1. The number of rotatable bonds is 4. The van der Waals surface area contributed by atoms with E-state index in [1.807, 2.05) is 30.3 Å². The van der Waals surface area contributed by atoms with Gasteiger partial charge in [-0.2, -0.15) is 0 Å². The van der Waals surface area contributed by atoms with Crippen LogP contribution in [0.1, 0.15) is 22.0 Å². The smallest absolute Gasteiger partial charge is 0.335 e. The zero-order chi connectivity index (χ0) is 22.4. The zero-order valence-electron chi connectivity index (χ0n) is 16.7. The van der Waals surface area contributed by atoms with Crippen molar-refractivity contribution >= 4 is 29.2 Å². The van der Waals surface area contributed by atoms with Gasteiger partial charge in [0, 0.05) is 0 Å². The molecule has 3 unspecified atom stereocenters. The summed E-state index contributed by atoms with van der Waals surface area (Å²) in [6.07, 6.45) is -1.03. The molecule has 8 nitrogen and oxygen atoms in total. The van der Waals surface area contributed by atoms with Crippen molar-refractivity contribution in [3.8, 4) is 5.75 Å². The summed E-state index contributed by atoms with van der Waals surface area (Å²) in [6.45, 7) is 0. The van der Waals surface area contributed by atoms with Gasteiger partial charge in [0.1, 0.15) is 11.7 Å². The number of nitrogens with zero attached hydrogens (tertiary/aromatic N) is 2. The number of aromatic carboxylic acids is 1. The van der Waals surface area contributed by atoms with E-state index >= 15 is 0 Å². The lowest BCUT2D eigenvalue weighted by atomic mass is 9.90. The first-order chi connectivity index (χ1) is 15.5. The second-order valence-electron chi connectivity index (χ2n) is 7.61. The first-order valence-corrected chi connectivity index (χ1v) is 9.97. The molecular weight excluding hydrogens is 412 g/mol. The third kappa shape index (κ3) is 3.09. The van der Waals surface area contributed by atoms with E-state index < -0.39 is 35.8 Å². The summed E-state index contributed by atoms with van der Waals surface area (Å²) in [4.78, 5) is 44.9. The lowest BCUT2D eigenvalue weighted by Crippen LogP contribution is -2.37. The van der Waals surface area contributed by atoms with Gasteiger partial charge in [0.2, 0.25) is 5.91 Å². The van der Waals surface area contributed by atoms with E-state index in [-0.39, 0.29) is 11.3 Å². The van der Waals surface area contributed by atoms with Crippen molar-refractivity contribution in [1.82, 2.24) is 0 Å². The van der Waals surface area contributed by atoms with E-state index in [1.165, 1.54) is 36.4 Å². The first kappa shape index (κ1) is 19.8. The van der Waals surface area contributed by atoms with Gasteiger partial charge in [-0.25, -0.2) is 14.8 Å². The molecule has 3 aromatic carbocycles. The topological polar surface area (TPSA) is 107 Å². The number of anilines is 2. The molecule has 0 aliphatic carbocycles. The highest BCUT2D eigenvalue weighted by Gasteiger charge is 2.60. The van der Waals surface area contributed by atoms with Crippen LogP contribution in [0, 0.1) is 5.92 Å². The fourth-order valence-electron chi connectivity index (χ4n) is 4.23. The van der Waals surface area contributed by atoms with Gasteiger partial charge in [0.25, 0.3) is 5.91 Å². The first-order valence-electron chi connectivity index (χ1n) is 9.97. The Hall–Kier alpha value is -4.17. The minimum atomic E-state index is -1.10. The Balaban J connectivity index is 1.55. The number of fused-ring (bicyclic) bond motifs is 1. The summed E-state index contributed by atoms with van der Waals surface area (Å²) >= 11 is 0. The van der Waals surface area contributed by atoms with Gasteiger partial charge in [-0.05, 0) is 54.1 Å². The van der Waals surface area contributed by atoms with Crippen molar-refractivity contribution in [2.24, 2.45) is 5.92 Å². The van der Waals surface area contributed by atoms with Crippen molar-refractivity contribution < 1.29 is 29.4 Å². The molecule has 0 aromatic heterocycles. The second-order valence-corrected chi connectivity index (χ2v) is 7.61. The van der Waals surface area contributed by atoms with Crippen molar-refractivity contribution in [2.45, 2.75) is 12.1 Å². The van der Waals surface area contributed by atoms with Crippen molar-refractivity contribution in [3.05, 3.63) is 90.0 Å². The van der Waals surface area contributed by atoms with E-state index in [0.29, 0.717) is 16.9 Å². The maximum absolute atomic E-state index is 13.5. The van der Waals surface area contributed by atoms with Gasteiger partial charge in [-0.15, -0.1) is 0 Å². The molecule has 2 aliphatic heterocycles. The maximum atomic E-state index is 13.5. The van der Waals surface area contributed by atoms with Crippen LogP contribution >= 0.6 is 0 Å². The monoisotopic (exact) mass is 430 g/mol. The van der Waals surface area contributed by atoms with E-state index in [0.717, 1.165) is 4.90 Å². The van der Waals surface area contributed by atoms with Crippen molar-refractivity contribution in [3.63, 3.8) is 0 Å². The average molecular weight is 430 g/mol. The lowest BCUT2D eigenvalue weighted by molar-refractivity contribution is -0.126. The third-order valence-electron chi connectivity index (χ3n) is 5.73. The fourth-order valence-corrected chi connectivity index (χ4v) is 4.23. The van der Waals surface area contributed by atoms with Crippen LogP contribution in [0.4, 0.5) is 11.4 Å². The predicted octanol–water partition coefficient (Wildman–Crippen LogP) is 3.14. The number of hydroxylamine groups is 1. The van der Waals surface area contributed by atoms with Crippen molar-refractivity contribution in [1.29, 1.82) is 0 Å². The minimum Gasteiger partial charge on any atom is -0.508 e. The molecule has 0 spiro atoms. The molecule has 160 valence electrons. The highest BCUT2D eigenvalue weighted by atomic mass is 16.7. The number of imide groups is 1. The van der Waals surface area contributed by atoms with E-state index in [9.17, 15) is 19.5 Å². The molecule has 0 saturated carbocycles.